The molecule has 1 aliphatic heterocycles. The average Bonchev–Trinajstić information content (AvgIpc) is 2.36. The highest BCUT2D eigenvalue weighted by atomic mass is 16.7. The van der Waals surface area contributed by atoms with E-state index in [2.05, 4.69) is 30.9 Å². The lowest BCUT2D eigenvalue weighted by Crippen LogP contribution is -2.43. The van der Waals surface area contributed by atoms with Crippen LogP contribution < -0.4 is 0 Å². The van der Waals surface area contributed by atoms with Crippen LogP contribution in [0.2, 0.25) is 0 Å². The van der Waals surface area contributed by atoms with E-state index in [1.807, 2.05) is 38.1 Å². The fourth-order valence-electron chi connectivity index (χ4n) is 2.38. The maximum Gasteiger partial charge on any atom is 0.163 e. The molecule has 0 bridgehead atoms. The summed E-state index contributed by atoms with van der Waals surface area (Å²) >= 11 is 0. The highest BCUT2D eigenvalue weighted by Gasteiger charge is 2.33. The molecule has 1 fully saturated rings. The molecule has 2 atom stereocenters. The normalized spacial score (nSPS) is 26.4. The molecule has 1 saturated heterocycles. The molecular formula is C17H22O2. The van der Waals surface area contributed by atoms with Gasteiger partial charge in [-0.05, 0) is 25.8 Å². The van der Waals surface area contributed by atoms with Crippen LogP contribution in [0.1, 0.15) is 32.3 Å². The SMILES string of the molecule is C=CC[C@H]1CC(/C=C/c2ccccc2)OC(C)(C)O1. The zero-order valence-electron chi connectivity index (χ0n) is 11.7. The van der Waals surface area contributed by atoms with Crippen LogP contribution in [0.4, 0.5) is 0 Å². The van der Waals surface area contributed by atoms with Gasteiger partial charge in [0.05, 0.1) is 12.2 Å². The molecule has 19 heavy (non-hydrogen) atoms. The van der Waals surface area contributed by atoms with Gasteiger partial charge >= 0.3 is 0 Å². The molecule has 0 aliphatic carbocycles. The van der Waals surface area contributed by atoms with Crippen molar-refractivity contribution in [3.63, 3.8) is 0 Å². The van der Waals surface area contributed by atoms with Gasteiger partial charge in [0.25, 0.3) is 0 Å². The van der Waals surface area contributed by atoms with E-state index >= 15 is 0 Å². The number of hydrogen-bond donors (Lipinski definition) is 0. The van der Waals surface area contributed by atoms with Crippen molar-refractivity contribution < 1.29 is 9.47 Å². The van der Waals surface area contributed by atoms with Crippen LogP contribution in [-0.4, -0.2) is 18.0 Å². The maximum absolute atomic E-state index is 5.93. The van der Waals surface area contributed by atoms with Crippen molar-refractivity contribution in [3.05, 3.63) is 54.6 Å². The van der Waals surface area contributed by atoms with Gasteiger partial charge in [-0.25, -0.2) is 0 Å². The standard InChI is InChI=1S/C17H22O2/c1-4-8-15-13-16(19-17(2,3)18-15)12-11-14-9-6-5-7-10-14/h4-7,9-12,15-16H,1,8,13H2,2-3H3/b12-11+/t15-,16?/m0/s1. The molecule has 0 radical (unpaired) electrons. The molecule has 0 aromatic heterocycles. The minimum absolute atomic E-state index is 0.0916. The van der Waals surface area contributed by atoms with Gasteiger partial charge in [0.1, 0.15) is 0 Å². The van der Waals surface area contributed by atoms with Crippen LogP contribution in [0.25, 0.3) is 6.08 Å². The molecule has 2 nitrogen and oxygen atoms in total. The van der Waals surface area contributed by atoms with Gasteiger partial charge in [-0.2, -0.15) is 0 Å². The summed E-state index contributed by atoms with van der Waals surface area (Å²) in [6.07, 6.45) is 8.15. The van der Waals surface area contributed by atoms with Gasteiger partial charge < -0.3 is 9.47 Å². The molecule has 1 aromatic rings. The highest BCUT2D eigenvalue weighted by molar-refractivity contribution is 5.49. The van der Waals surface area contributed by atoms with E-state index in [0.717, 1.165) is 12.8 Å². The monoisotopic (exact) mass is 258 g/mol. The summed E-state index contributed by atoms with van der Waals surface area (Å²) in [5.74, 6) is -0.530. The fraction of sp³-hybridized carbons (Fsp3) is 0.412. The minimum atomic E-state index is -0.530. The van der Waals surface area contributed by atoms with E-state index in [1.54, 1.807) is 0 Å². The van der Waals surface area contributed by atoms with Crippen molar-refractivity contribution in [2.24, 2.45) is 0 Å². The van der Waals surface area contributed by atoms with E-state index in [-0.39, 0.29) is 12.2 Å². The quantitative estimate of drug-likeness (QED) is 0.754. The summed E-state index contributed by atoms with van der Waals surface area (Å²) in [7, 11) is 0. The molecule has 1 aromatic carbocycles. The van der Waals surface area contributed by atoms with Gasteiger partial charge in [0, 0.05) is 6.42 Å². The Labute approximate surface area is 115 Å². The molecule has 2 heteroatoms. The predicted octanol–water partition coefficient (Wildman–Crippen LogP) is 4.19. The Morgan fingerprint density at radius 2 is 2.00 bits per heavy atom. The third kappa shape index (κ3) is 4.34. The zero-order chi connectivity index (χ0) is 13.7. The topological polar surface area (TPSA) is 18.5 Å². The molecule has 0 saturated carbocycles. The summed E-state index contributed by atoms with van der Waals surface area (Å²) < 4.78 is 11.8. The van der Waals surface area contributed by atoms with Gasteiger partial charge in [-0.1, -0.05) is 48.6 Å². The summed E-state index contributed by atoms with van der Waals surface area (Å²) in [5, 5.41) is 0. The van der Waals surface area contributed by atoms with Gasteiger partial charge in [0.2, 0.25) is 0 Å². The lowest BCUT2D eigenvalue weighted by Gasteiger charge is -2.39. The Hall–Kier alpha value is -1.38. The Kier molecular flexibility index (Phi) is 4.56. The maximum atomic E-state index is 5.93. The van der Waals surface area contributed by atoms with Crippen LogP contribution in [0, 0.1) is 0 Å². The first-order chi connectivity index (χ1) is 9.09. The average molecular weight is 258 g/mol. The summed E-state index contributed by atoms with van der Waals surface area (Å²) in [4.78, 5) is 0. The molecule has 0 N–H and O–H groups in total. The van der Waals surface area contributed by atoms with Crippen LogP contribution in [-0.2, 0) is 9.47 Å². The second-order valence-corrected chi connectivity index (χ2v) is 5.33. The number of rotatable bonds is 4. The van der Waals surface area contributed by atoms with Crippen molar-refractivity contribution >= 4 is 6.08 Å². The number of ether oxygens (including phenoxy) is 2. The smallest absolute Gasteiger partial charge is 0.163 e. The molecule has 2 rings (SSSR count). The lowest BCUT2D eigenvalue weighted by atomic mass is 10.0. The second-order valence-electron chi connectivity index (χ2n) is 5.33. The van der Waals surface area contributed by atoms with Gasteiger partial charge in [-0.15, -0.1) is 6.58 Å². The number of benzene rings is 1. The van der Waals surface area contributed by atoms with E-state index < -0.39 is 5.79 Å². The molecule has 1 aliphatic rings. The molecule has 1 unspecified atom stereocenters. The summed E-state index contributed by atoms with van der Waals surface area (Å²) in [6.45, 7) is 7.71. The molecule has 102 valence electrons. The van der Waals surface area contributed by atoms with Crippen molar-refractivity contribution in [2.45, 2.75) is 44.7 Å². The van der Waals surface area contributed by atoms with E-state index in [4.69, 9.17) is 9.47 Å². The molecule has 0 amide bonds. The van der Waals surface area contributed by atoms with Crippen LogP contribution in [0.5, 0.6) is 0 Å². The summed E-state index contributed by atoms with van der Waals surface area (Å²) in [6, 6.07) is 10.3. The largest absolute Gasteiger partial charge is 0.347 e. The van der Waals surface area contributed by atoms with Gasteiger partial charge in [0.15, 0.2) is 5.79 Å². The van der Waals surface area contributed by atoms with Crippen molar-refractivity contribution in [2.75, 3.05) is 0 Å². The first kappa shape index (κ1) is 14.0. The predicted molar refractivity (Wildman–Crippen MR) is 78.7 cm³/mol. The third-order valence-electron chi connectivity index (χ3n) is 3.11. The Morgan fingerprint density at radius 1 is 1.26 bits per heavy atom. The van der Waals surface area contributed by atoms with Crippen molar-refractivity contribution in [3.8, 4) is 0 Å². The first-order valence-corrected chi connectivity index (χ1v) is 6.79. The Bertz CT molecular complexity index is 434. The third-order valence-corrected chi connectivity index (χ3v) is 3.11. The number of hydrogen-bond acceptors (Lipinski definition) is 2. The Morgan fingerprint density at radius 3 is 2.68 bits per heavy atom. The minimum Gasteiger partial charge on any atom is -0.347 e. The fourth-order valence-corrected chi connectivity index (χ4v) is 2.38. The van der Waals surface area contributed by atoms with E-state index in [0.29, 0.717) is 0 Å². The lowest BCUT2D eigenvalue weighted by molar-refractivity contribution is -0.289. The highest BCUT2D eigenvalue weighted by Crippen LogP contribution is 2.29. The first-order valence-electron chi connectivity index (χ1n) is 6.79. The van der Waals surface area contributed by atoms with Crippen molar-refractivity contribution in [1.82, 2.24) is 0 Å². The Balaban J connectivity index is 2.03. The van der Waals surface area contributed by atoms with E-state index in [9.17, 15) is 0 Å². The van der Waals surface area contributed by atoms with E-state index in [1.165, 1.54) is 5.56 Å². The second kappa shape index (κ2) is 6.18. The van der Waals surface area contributed by atoms with Crippen LogP contribution in [0.15, 0.2) is 49.1 Å². The molecule has 0 spiro atoms. The van der Waals surface area contributed by atoms with Crippen LogP contribution in [0.3, 0.4) is 0 Å². The van der Waals surface area contributed by atoms with Crippen LogP contribution >= 0.6 is 0 Å². The molecule has 1 heterocycles. The van der Waals surface area contributed by atoms with Gasteiger partial charge in [-0.3, -0.25) is 0 Å². The summed E-state index contributed by atoms with van der Waals surface area (Å²) in [5.41, 5.74) is 1.19. The zero-order valence-corrected chi connectivity index (χ0v) is 11.7. The molecular weight excluding hydrogens is 236 g/mol. The van der Waals surface area contributed by atoms with Crippen molar-refractivity contribution in [1.29, 1.82) is 0 Å².